The fraction of sp³-hybridized carbons (Fsp3) is 0.429. The smallest absolute Gasteiger partial charge is 0.251 e. The van der Waals surface area contributed by atoms with E-state index in [1.165, 1.54) is 0 Å². The topological polar surface area (TPSA) is 46.9 Å². The zero-order valence-electron chi connectivity index (χ0n) is 11.2. The van der Waals surface area contributed by atoms with E-state index in [4.69, 9.17) is 11.6 Å². The summed E-state index contributed by atoms with van der Waals surface area (Å²) in [5, 5.41) is 3.34. The minimum absolute atomic E-state index is 0.0558. The lowest BCUT2D eigenvalue weighted by atomic mass is 10.2. The molecule has 0 spiro atoms. The number of carbonyl (C=O) groups is 1. The van der Waals surface area contributed by atoms with E-state index in [1.54, 1.807) is 16.7 Å². The van der Waals surface area contributed by atoms with Crippen molar-refractivity contribution in [1.82, 2.24) is 14.9 Å². The Morgan fingerprint density at radius 3 is 2.95 bits per heavy atom. The van der Waals surface area contributed by atoms with Crippen LogP contribution in [0.5, 0.6) is 0 Å². The summed E-state index contributed by atoms with van der Waals surface area (Å²) in [4.78, 5) is 16.2. The number of imidazole rings is 1. The number of nitrogens with one attached hydrogen (secondary N) is 1. The van der Waals surface area contributed by atoms with Gasteiger partial charge < -0.3 is 9.88 Å². The Bertz CT molecular complexity index is 592. The Kier molecular flexibility index (Phi) is 4.43. The van der Waals surface area contributed by atoms with Gasteiger partial charge in [0.15, 0.2) is 0 Å². The number of halogens is 1. The average Bonchev–Trinajstić information content (AvgIpc) is 2.69. The average molecular weight is 280 g/mol. The molecule has 0 saturated heterocycles. The molecule has 1 aromatic carbocycles. The summed E-state index contributed by atoms with van der Waals surface area (Å²) in [6.45, 7) is 2.86. The first-order valence-electron chi connectivity index (χ1n) is 6.53. The molecular weight excluding hydrogens is 262 g/mol. The number of aromatic nitrogens is 2. The Labute approximate surface area is 117 Å². The fourth-order valence-corrected chi connectivity index (χ4v) is 2.17. The summed E-state index contributed by atoms with van der Waals surface area (Å²) >= 11 is 5.95. The number of benzene rings is 1. The Hall–Kier alpha value is -1.55. The van der Waals surface area contributed by atoms with Crippen molar-refractivity contribution in [2.75, 3.05) is 6.54 Å². The second kappa shape index (κ2) is 6.06. The van der Waals surface area contributed by atoms with Crippen LogP contribution in [-0.2, 0) is 7.05 Å². The Morgan fingerprint density at radius 2 is 2.21 bits per heavy atom. The van der Waals surface area contributed by atoms with E-state index in [0.717, 1.165) is 30.3 Å². The maximum Gasteiger partial charge on any atom is 0.251 e. The first-order valence-corrected chi connectivity index (χ1v) is 6.91. The van der Waals surface area contributed by atoms with E-state index in [1.807, 2.05) is 13.1 Å². The molecule has 0 aliphatic carbocycles. The predicted octanol–water partition coefficient (Wildman–Crippen LogP) is 3.15. The van der Waals surface area contributed by atoms with Gasteiger partial charge in [0.2, 0.25) is 5.28 Å². The van der Waals surface area contributed by atoms with Crippen molar-refractivity contribution < 1.29 is 4.79 Å². The molecule has 0 saturated carbocycles. The molecule has 1 heterocycles. The number of rotatable bonds is 5. The third-order valence-corrected chi connectivity index (χ3v) is 3.49. The number of amides is 1. The molecule has 0 radical (unpaired) electrons. The number of aryl methyl sites for hydroxylation is 1. The molecule has 1 amide bonds. The van der Waals surface area contributed by atoms with E-state index in [2.05, 4.69) is 17.2 Å². The van der Waals surface area contributed by atoms with Crippen LogP contribution in [0.2, 0.25) is 5.28 Å². The molecule has 0 atom stereocenters. The summed E-state index contributed by atoms with van der Waals surface area (Å²) in [5.41, 5.74) is 2.29. The Morgan fingerprint density at radius 1 is 1.42 bits per heavy atom. The maximum atomic E-state index is 12.0. The molecule has 102 valence electrons. The van der Waals surface area contributed by atoms with Crippen LogP contribution in [0, 0.1) is 0 Å². The highest BCUT2D eigenvalue weighted by atomic mass is 35.5. The molecule has 1 N–H and O–H groups in total. The van der Waals surface area contributed by atoms with Crippen LogP contribution in [-0.4, -0.2) is 22.0 Å². The lowest BCUT2D eigenvalue weighted by Gasteiger charge is -2.04. The summed E-state index contributed by atoms with van der Waals surface area (Å²) in [7, 11) is 1.85. The first-order chi connectivity index (χ1) is 9.13. The molecule has 0 fully saturated rings. The SMILES string of the molecule is CCCCCNC(=O)c1ccc2c(c1)nc(Cl)n2C. The maximum absolute atomic E-state index is 12.0. The summed E-state index contributed by atoms with van der Waals surface area (Å²) < 4.78 is 1.79. The Balaban J connectivity index is 2.10. The lowest BCUT2D eigenvalue weighted by Crippen LogP contribution is -2.24. The van der Waals surface area contributed by atoms with Gasteiger partial charge >= 0.3 is 0 Å². The second-order valence-electron chi connectivity index (χ2n) is 4.61. The summed E-state index contributed by atoms with van der Waals surface area (Å²) in [6.07, 6.45) is 3.29. The number of nitrogens with zero attached hydrogens (tertiary/aromatic N) is 2. The molecule has 4 nitrogen and oxygen atoms in total. The molecule has 19 heavy (non-hydrogen) atoms. The predicted molar refractivity (Wildman–Crippen MR) is 77.6 cm³/mol. The van der Waals surface area contributed by atoms with Crippen molar-refractivity contribution in [3.05, 3.63) is 29.0 Å². The normalized spacial score (nSPS) is 10.9. The van der Waals surface area contributed by atoms with Crippen LogP contribution in [0.1, 0.15) is 36.5 Å². The van der Waals surface area contributed by atoms with Gasteiger partial charge in [-0.15, -0.1) is 0 Å². The van der Waals surface area contributed by atoms with Crippen LogP contribution in [0.15, 0.2) is 18.2 Å². The van der Waals surface area contributed by atoms with E-state index < -0.39 is 0 Å². The van der Waals surface area contributed by atoms with Gasteiger partial charge in [-0.25, -0.2) is 4.98 Å². The van der Waals surface area contributed by atoms with Gasteiger partial charge in [0.05, 0.1) is 11.0 Å². The highest BCUT2D eigenvalue weighted by Gasteiger charge is 2.10. The van der Waals surface area contributed by atoms with Gasteiger partial charge in [-0.2, -0.15) is 0 Å². The second-order valence-corrected chi connectivity index (χ2v) is 4.94. The highest BCUT2D eigenvalue weighted by molar-refractivity contribution is 6.29. The van der Waals surface area contributed by atoms with E-state index in [0.29, 0.717) is 17.4 Å². The molecule has 5 heteroatoms. The minimum Gasteiger partial charge on any atom is -0.352 e. The van der Waals surface area contributed by atoms with Crippen molar-refractivity contribution in [2.45, 2.75) is 26.2 Å². The van der Waals surface area contributed by atoms with Crippen molar-refractivity contribution in [2.24, 2.45) is 7.05 Å². The van der Waals surface area contributed by atoms with Crippen LogP contribution in [0.4, 0.5) is 0 Å². The number of hydrogen-bond acceptors (Lipinski definition) is 2. The van der Waals surface area contributed by atoms with E-state index in [9.17, 15) is 4.79 Å². The quantitative estimate of drug-likeness (QED) is 0.855. The number of carbonyl (C=O) groups excluding carboxylic acids is 1. The number of hydrogen-bond donors (Lipinski definition) is 1. The molecule has 2 rings (SSSR count). The van der Waals surface area contributed by atoms with Crippen LogP contribution < -0.4 is 5.32 Å². The van der Waals surface area contributed by atoms with Gasteiger partial charge in [0.25, 0.3) is 5.91 Å². The number of fused-ring (bicyclic) bond motifs is 1. The molecule has 2 aromatic rings. The van der Waals surface area contributed by atoms with Gasteiger partial charge in [-0.3, -0.25) is 4.79 Å². The summed E-state index contributed by atoms with van der Waals surface area (Å²) in [6, 6.07) is 5.45. The molecule has 1 aromatic heterocycles. The van der Waals surface area contributed by atoms with E-state index in [-0.39, 0.29) is 5.91 Å². The molecule has 0 aliphatic heterocycles. The zero-order chi connectivity index (χ0) is 13.8. The number of unbranched alkanes of at least 4 members (excludes halogenated alkanes) is 2. The van der Waals surface area contributed by atoms with Crippen molar-refractivity contribution in [1.29, 1.82) is 0 Å². The van der Waals surface area contributed by atoms with Crippen molar-refractivity contribution in [3.8, 4) is 0 Å². The fourth-order valence-electron chi connectivity index (χ4n) is 1.99. The third kappa shape index (κ3) is 3.07. The standard InChI is InChI=1S/C14H18ClN3O/c1-3-4-5-8-16-13(19)10-6-7-12-11(9-10)17-14(15)18(12)2/h6-7,9H,3-5,8H2,1-2H3,(H,16,19). The van der Waals surface area contributed by atoms with Gasteiger partial charge in [0, 0.05) is 19.2 Å². The molecular formula is C14H18ClN3O. The monoisotopic (exact) mass is 279 g/mol. The minimum atomic E-state index is -0.0558. The van der Waals surface area contributed by atoms with Crippen molar-refractivity contribution in [3.63, 3.8) is 0 Å². The van der Waals surface area contributed by atoms with Gasteiger partial charge in [-0.05, 0) is 36.2 Å². The zero-order valence-corrected chi connectivity index (χ0v) is 12.0. The van der Waals surface area contributed by atoms with Crippen molar-refractivity contribution >= 4 is 28.5 Å². The van der Waals surface area contributed by atoms with Crippen LogP contribution in [0.3, 0.4) is 0 Å². The molecule has 0 unspecified atom stereocenters. The highest BCUT2D eigenvalue weighted by Crippen LogP contribution is 2.19. The van der Waals surface area contributed by atoms with Gasteiger partial charge in [0.1, 0.15) is 0 Å². The molecule has 0 aliphatic rings. The van der Waals surface area contributed by atoms with E-state index >= 15 is 0 Å². The lowest BCUT2D eigenvalue weighted by molar-refractivity contribution is 0.0953. The largest absolute Gasteiger partial charge is 0.352 e. The van der Waals surface area contributed by atoms with Crippen LogP contribution >= 0.6 is 11.6 Å². The molecule has 0 bridgehead atoms. The third-order valence-electron chi connectivity index (χ3n) is 3.15. The summed E-state index contributed by atoms with van der Waals surface area (Å²) in [5.74, 6) is -0.0558. The first kappa shape index (κ1) is 13.9. The van der Waals surface area contributed by atoms with Crippen LogP contribution in [0.25, 0.3) is 11.0 Å². The van der Waals surface area contributed by atoms with Gasteiger partial charge in [-0.1, -0.05) is 19.8 Å².